The predicted octanol–water partition coefficient (Wildman–Crippen LogP) is 1.39. The molecule has 19 heavy (non-hydrogen) atoms. The first-order valence-electron chi connectivity index (χ1n) is 5.67. The zero-order valence-electron chi connectivity index (χ0n) is 10.1. The van der Waals surface area contributed by atoms with Gasteiger partial charge in [0.2, 0.25) is 0 Å². The first-order valence-corrected chi connectivity index (χ1v) is 5.67. The van der Waals surface area contributed by atoms with Gasteiger partial charge in [-0.3, -0.25) is 4.79 Å². The molecule has 0 amide bonds. The Balaban J connectivity index is 2.21. The highest BCUT2D eigenvalue weighted by atomic mass is 16.4. The van der Waals surface area contributed by atoms with Crippen LogP contribution in [0, 0.1) is 0 Å². The SMILES string of the molecule is O=C(O)/C=C/c1cnn(Cc2ccccc2)c(=O)c1. The summed E-state index contributed by atoms with van der Waals surface area (Å²) in [5, 5.41) is 12.5. The van der Waals surface area contributed by atoms with Crippen LogP contribution >= 0.6 is 0 Å². The van der Waals surface area contributed by atoms with Crippen LogP contribution in [0.15, 0.2) is 53.5 Å². The largest absolute Gasteiger partial charge is 0.478 e. The smallest absolute Gasteiger partial charge is 0.328 e. The van der Waals surface area contributed by atoms with Crippen molar-refractivity contribution in [2.24, 2.45) is 0 Å². The van der Waals surface area contributed by atoms with Gasteiger partial charge in [-0.15, -0.1) is 0 Å². The van der Waals surface area contributed by atoms with E-state index in [-0.39, 0.29) is 5.56 Å². The lowest BCUT2D eigenvalue weighted by atomic mass is 10.2. The van der Waals surface area contributed by atoms with Gasteiger partial charge in [0.15, 0.2) is 0 Å². The molecule has 1 heterocycles. The van der Waals surface area contributed by atoms with E-state index in [0.717, 1.165) is 11.6 Å². The summed E-state index contributed by atoms with van der Waals surface area (Å²) in [4.78, 5) is 22.2. The fourth-order valence-corrected chi connectivity index (χ4v) is 1.58. The minimum atomic E-state index is -1.06. The van der Waals surface area contributed by atoms with Crippen LogP contribution in [0.5, 0.6) is 0 Å². The molecule has 96 valence electrons. The zero-order chi connectivity index (χ0) is 13.7. The molecule has 5 heteroatoms. The molecule has 0 bridgehead atoms. The molecule has 0 aliphatic heterocycles. The predicted molar refractivity (Wildman–Crippen MR) is 70.7 cm³/mol. The number of carboxylic acids is 1. The molecule has 0 saturated heterocycles. The molecular formula is C14H12N2O3. The van der Waals surface area contributed by atoms with Crippen molar-refractivity contribution in [3.05, 3.63) is 70.2 Å². The Morgan fingerprint density at radius 2 is 2.05 bits per heavy atom. The molecule has 0 spiro atoms. The van der Waals surface area contributed by atoms with E-state index in [9.17, 15) is 9.59 Å². The lowest BCUT2D eigenvalue weighted by Crippen LogP contribution is -2.22. The molecule has 1 N–H and O–H groups in total. The molecular weight excluding hydrogens is 244 g/mol. The third-order valence-corrected chi connectivity index (χ3v) is 2.48. The number of aromatic nitrogens is 2. The lowest BCUT2D eigenvalue weighted by molar-refractivity contribution is -0.131. The van der Waals surface area contributed by atoms with Gasteiger partial charge in [0.25, 0.3) is 5.56 Å². The van der Waals surface area contributed by atoms with Crippen molar-refractivity contribution in [2.75, 3.05) is 0 Å². The Hall–Kier alpha value is -2.69. The van der Waals surface area contributed by atoms with Gasteiger partial charge >= 0.3 is 5.97 Å². The highest BCUT2D eigenvalue weighted by Gasteiger charge is 2.00. The van der Waals surface area contributed by atoms with Gasteiger partial charge in [-0.2, -0.15) is 5.10 Å². The summed E-state index contributed by atoms with van der Waals surface area (Å²) in [5.41, 5.74) is 1.18. The topological polar surface area (TPSA) is 72.2 Å². The van der Waals surface area contributed by atoms with Gasteiger partial charge in [0.05, 0.1) is 12.7 Å². The summed E-state index contributed by atoms with van der Waals surface area (Å²) in [6.45, 7) is 0.391. The Bertz CT molecular complexity index is 660. The van der Waals surface area contributed by atoms with E-state index in [1.54, 1.807) is 0 Å². The molecule has 2 aromatic rings. The van der Waals surface area contributed by atoms with Crippen molar-refractivity contribution in [1.82, 2.24) is 9.78 Å². The van der Waals surface area contributed by atoms with Crippen LogP contribution in [0.1, 0.15) is 11.1 Å². The molecule has 0 fully saturated rings. The summed E-state index contributed by atoms with van der Waals surface area (Å²) in [5.74, 6) is -1.06. The third kappa shape index (κ3) is 3.64. The summed E-state index contributed by atoms with van der Waals surface area (Å²) >= 11 is 0. The summed E-state index contributed by atoms with van der Waals surface area (Å²) in [6, 6.07) is 10.9. The number of nitrogens with zero attached hydrogens (tertiary/aromatic N) is 2. The van der Waals surface area contributed by atoms with Crippen LogP contribution in [-0.2, 0) is 11.3 Å². The van der Waals surface area contributed by atoms with Crippen molar-refractivity contribution in [1.29, 1.82) is 0 Å². The van der Waals surface area contributed by atoms with E-state index in [4.69, 9.17) is 5.11 Å². The van der Waals surface area contributed by atoms with Crippen molar-refractivity contribution < 1.29 is 9.90 Å². The van der Waals surface area contributed by atoms with Crippen molar-refractivity contribution >= 4 is 12.0 Å². The third-order valence-electron chi connectivity index (χ3n) is 2.48. The highest BCUT2D eigenvalue weighted by Crippen LogP contribution is 2.00. The Kier molecular flexibility index (Phi) is 3.87. The number of aliphatic carboxylic acids is 1. The minimum absolute atomic E-state index is 0.267. The van der Waals surface area contributed by atoms with Crippen molar-refractivity contribution in [2.45, 2.75) is 6.54 Å². The molecule has 0 aliphatic rings. The summed E-state index contributed by atoms with van der Waals surface area (Å²) < 4.78 is 1.33. The van der Waals surface area contributed by atoms with Crippen LogP contribution in [0.2, 0.25) is 0 Å². The number of rotatable bonds is 4. The highest BCUT2D eigenvalue weighted by molar-refractivity contribution is 5.85. The average Bonchev–Trinajstić information content (AvgIpc) is 2.40. The molecule has 1 aromatic carbocycles. The second kappa shape index (κ2) is 5.77. The monoisotopic (exact) mass is 256 g/mol. The fourth-order valence-electron chi connectivity index (χ4n) is 1.58. The van der Waals surface area contributed by atoms with Gasteiger partial charge in [-0.05, 0) is 11.6 Å². The molecule has 0 radical (unpaired) electrons. The molecule has 1 aromatic heterocycles. The van der Waals surface area contributed by atoms with E-state index < -0.39 is 5.97 Å². The molecule has 2 rings (SSSR count). The minimum Gasteiger partial charge on any atom is -0.478 e. The Morgan fingerprint density at radius 3 is 2.68 bits per heavy atom. The quantitative estimate of drug-likeness (QED) is 0.839. The average molecular weight is 256 g/mol. The van der Waals surface area contributed by atoms with Crippen LogP contribution in [0.3, 0.4) is 0 Å². The summed E-state index contributed by atoms with van der Waals surface area (Å²) in [6.07, 6.45) is 3.77. The fraction of sp³-hybridized carbons (Fsp3) is 0.0714. The van der Waals surface area contributed by atoms with E-state index in [1.165, 1.54) is 23.0 Å². The number of hydrogen-bond acceptors (Lipinski definition) is 3. The van der Waals surface area contributed by atoms with Crippen LogP contribution < -0.4 is 5.56 Å². The standard InChI is InChI=1S/C14H12N2O3/c17-13-8-12(6-7-14(18)19)9-15-16(13)10-11-4-2-1-3-5-11/h1-9H,10H2,(H,18,19)/b7-6+. The second-order valence-corrected chi connectivity index (χ2v) is 3.94. The van der Waals surface area contributed by atoms with E-state index >= 15 is 0 Å². The maximum Gasteiger partial charge on any atom is 0.328 e. The van der Waals surface area contributed by atoms with Gasteiger partial charge in [-0.1, -0.05) is 30.3 Å². The number of hydrogen-bond donors (Lipinski definition) is 1. The maximum atomic E-state index is 11.8. The first-order chi connectivity index (χ1) is 9.15. The van der Waals surface area contributed by atoms with Crippen molar-refractivity contribution in [3.63, 3.8) is 0 Å². The zero-order valence-corrected chi connectivity index (χ0v) is 10.1. The molecule has 0 unspecified atom stereocenters. The molecule has 0 saturated carbocycles. The first kappa shape index (κ1) is 12.8. The van der Waals surface area contributed by atoms with Gasteiger partial charge in [0.1, 0.15) is 0 Å². The normalized spacial score (nSPS) is 10.7. The molecule has 0 aliphatic carbocycles. The maximum absolute atomic E-state index is 11.8. The number of carbonyl (C=O) groups is 1. The Labute approximate surface area is 109 Å². The van der Waals surface area contributed by atoms with Crippen molar-refractivity contribution in [3.8, 4) is 0 Å². The lowest BCUT2D eigenvalue weighted by Gasteiger charge is -2.04. The Morgan fingerprint density at radius 1 is 1.32 bits per heavy atom. The van der Waals surface area contributed by atoms with Gasteiger partial charge in [0, 0.05) is 17.7 Å². The number of benzene rings is 1. The second-order valence-electron chi connectivity index (χ2n) is 3.94. The molecule has 0 atom stereocenters. The van der Waals surface area contributed by atoms with E-state index in [2.05, 4.69) is 5.10 Å². The van der Waals surface area contributed by atoms with E-state index in [0.29, 0.717) is 12.1 Å². The van der Waals surface area contributed by atoms with Crippen LogP contribution in [0.25, 0.3) is 6.08 Å². The van der Waals surface area contributed by atoms with E-state index in [1.807, 2.05) is 30.3 Å². The van der Waals surface area contributed by atoms with Gasteiger partial charge in [-0.25, -0.2) is 9.48 Å². The summed E-state index contributed by atoms with van der Waals surface area (Å²) in [7, 11) is 0. The molecule has 5 nitrogen and oxygen atoms in total. The van der Waals surface area contributed by atoms with Gasteiger partial charge < -0.3 is 5.11 Å². The van der Waals surface area contributed by atoms with Crippen LogP contribution in [0.4, 0.5) is 0 Å². The number of carboxylic acid groups (broad SMARTS) is 1. The van der Waals surface area contributed by atoms with Crippen LogP contribution in [-0.4, -0.2) is 20.9 Å².